The summed E-state index contributed by atoms with van der Waals surface area (Å²) in [4.78, 5) is 11.8. The lowest BCUT2D eigenvalue weighted by Gasteiger charge is -2.23. The van der Waals surface area contributed by atoms with Crippen molar-refractivity contribution in [3.8, 4) is 5.75 Å². The third-order valence-electron chi connectivity index (χ3n) is 2.06. The van der Waals surface area contributed by atoms with Crippen molar-refractivity contribution in [2.45, 2.75) is 45.8 Å². The van der Waals surface area contributed by atoms with Gasteiger partial charge in [-0.05, 0) is 39.3 Å². The van der Waals surface area contributed by atoms with E-state index in [0.717, 1.165) is 0 Å². The standard InChI is InChI=1S/C14H20O3/c1-5-12(13(15)17-14(2,3)4)16-11-9-7-6-8-10-11/h6-10,12H,5H2,1-4H3. The second kappa shape index (κ2) is 5.71. The molecule has 0 saturated carbocycles. The van der Waals surface area contributed by atoms with E-state index < -0.39 is 11.7 Å². The molecule has 94 valence electrons. The van der Waals surface area contributed by atoms with Crippen molar-refractivity contribution in [3.05, 3.63) is 30.3 Å². The molecule has 1 rings (SSSR count). The van der Waals surface area contributed by atoms with Gasteiger partial charge >= 0.3 is 5.97 Å². The van der Waals surface area contributed by atoms with Crippen molar-refractivity contribution in [1.82, 2.24) is 0 Å². The molecule has 0 heterocycles. The molecule has 1 aromatic rings. The van der Waals surface area contributed by atoms with E-state index in [9.17, 15) is 4.79 Å². The van der Waals surface area contributed by atoms with Gasteiger partial charge in [0.25, 0.3) is 0 Å². The normalized spacial score (nSPS) is 12.9. The monoisotopic (exact) mass is 236 g/mol. The van der Waals surface area contributed by atoms with Crippen molar-refractivity contribution in [3.63, 3.8) is 0 Å². The number of esters is 1. The highest BCUT2D eigenvalue weighted by Gasteiger charge is 2.25. The molecule has 0 spiro atoms. The van der Waals surface area contributed by atoms with Crippen LogP contribution in [0.5, 0.6) is 5.75 Å². The fraction of sp³-hybridized carbons (Fsp3) is 0.500. The largest absolute Gasteiger partial charge is 0.479 e. The summed E-state index contributed by atoms with van der Waals surface area (Å²) in [6.07, 6.45) is 0.0423. The number of hydrogen-bond acceptors (Lipinski definition) is 3. The Labute approximate surface area is 103 Å². The van der Waals surface area contributed by atoms with Crippen LogP contribution < -0.4 is 4.74 Å². The summed E-state index contributed by atoms with van der Waals surface area (Å²) in [5, 5.41) is 0. The second-order valence-electron chi connectivity index (χ2n) is 4.86. The summed E-state index contributed by atoms with van der Waals surface area (Å²) in [5.74, 6) is 0.370. The maximum absolute atomic E-state index is 11.8. The van der Waals surface area contributed by atoms with Gasteiger partial charge < -0.3 is 9.47 Å². The van der Waals surface area contributed by atoms with Crippen molar-refractivity contribution in [1.29, 1.82) is 0 Å². The first-order chi connectivity index (χ1) is 7.92. The number of hydrogen-bond donors (Lipinski definition) is 0. The molecule has 0 fully saturated rings. The number of rotatable bonds is 4. The van der Waals surface area contributed by atoms with Crippen LogP contribution in [-0.2, 0) is 9.53 Å². The number of para-hydroxylation sites is 1. The first-order valence-electron chi connectivity index (χ1n) is 5.87. The zero-order chi connectivity index (χ0) is 12.9. The Kier molecular flexibility index (Phi) is 4.55. The molecular weight excluding hydrogens is 216 g/mol. The van der Waals surface area contributed by atoms with Gasteiger partial charge in [-0.3, -0.25) is 0 Å². The van der Waals surface area contributed by atoms with Gasteiger partial charge in [-0.15, -0.1) is 0 Å². The third kappa shape index (κ3) is 4.89. The van der Waals surface area contributed by atoms with E-state index in [2.05, 4.69) is 0 Å². The molecule has 0 aliphatic heterocycles. The molecule has 1 atom stereocenters. The van der Waals surface area contributed by atoms with Gasteiger partial charge in [-0.1, -0.05) is 25.1 Å². The highest BCUT2D eigenvalue weighted by molar-refractivity contribution is 5.75. The van der Waals surface area contributed by atoms with Crippen LogP contribution in [0.4, 0.5) is 0 Å². The quantitative estimate of drug-likeness (QED) is 0.753. The number of carbonyl (C=O) groups excluding carboxylic acids is 1. The molecule has 0 aromatic heterocycles. The van der Waals surface area contributed by atoms with Crippen molar-refractivity contribution < 1.29 is 14.3 Å². The SMILES string of the molecule is CCC(Oc1ccccc1)C(=O)OC(C)(C)C. The summed E-state index contributed by atoms with van der Waals surface area (Å²) in [6, 6.07) is 9.30. The van der Waals surface area contributed by atoms with Crippen molar-refractivity contribution >= 4 is 5.97 Å². The number of benzene rings is 1. The van der Waals surface area contributed by atoms with Gasteiger partial charge in [0.2, 0.25) is 0 Å². The molecule has 0 bridgehead atoms. The van der Waals surface area contributed by atoms with E-state index in [1.54, 1.807) is 0 Å². The molecule has 3 heteroatoms. The Balaban J connectivity index is 2.63. The van der Waals surface area contributed by atoms with Crippen LogP contribution in [0.2, 0.25) is 0 Å². The lowest BCUT2D eigenvalue weighted by molar-refractivity contribution is -0.163. The summed E-state index contributed by atoms with van der Waals surface area (Å²) in [6.45, 7) is 7.44. The van der Waals surface area contributed by atoms with E-state index in [4.69, 9.17) is 9.47 Å². The smallest absolute Gasteiger partial charge is 0.347 e. The maximum Gasteiger partial charge on any atom is 0.347 e. The Morgan fingerprint density at radius 3 is 2.29 bits per heavy atom. The van der Waals surface area contributed by atoms with Crippen LogP contribution in [-0.4, -0.2) is 17.7 Å². The minimum absolute atomic E-state index is 0.316. The second-order valence-corrected chi connectivity index (χ2v) is 4.86. The number of ether oxygens (including phenoxy) is 2. The topological polar surface area (TPSA) is 35.5 Å². The van der Waals surface area contributed by atoms with Crippen LogP contribution in [0.1, 0.15) is 34.1 Å². The molecule has 0 aliphatic carbocycles. The van der Waals surface area contributed by atoms with Gasteiger partial charge in [-0.25, -0.2) is 4.79 Å². The molecule has 1 aromatic carbocycles. The van der Waals surface area contributed by atoms with E-state index in [-0.39, 0.29) is 5.97 Å². The summed E-state index contributed by atoms with van der Waals surface area (Å²) in [7, 11) is 0. The lowest BCUT2D eigenvalue weighted by atomic mass is 10.2. The maximum atomic E-state index is 11.8. The first kappa shape index (κ1) is 13.6. The van der Waals surface area contributed by atoms with E-state index in [1.807, 2.05) is 58.0 Å². The average molecular weight is 236 g/mol. The van der Waals surface area contributed by atoms with Gasteiger partial charge in [-0.2, -0.15) is 0 Å². The zero-order valence-electron chi connectivity index (χ0n) is 10.9. The molecule has 0 N–H and O–H groups in total. The van der Waals surface area contributed by atoms with Gasteiger partial charge in [0.15, 0.2) is 6.10 Å². The first-order valence-corrected chi connectivity index (χ1v) is 5.87. The van der Waals surface area contributed by atoms with Crippen LogP contribution in [0.3, 0.4) is 0 Å². The zero-order valence-corrected chi connectivity index (χ0v) is 10.9. The van der Waals surface area contributed by atoms with Crippen LogP contribution in [0.25, 0.3) is 0 Å². The van der Waals surface area contributed by atoms with Crippen LogP contribution in [0.15, 0.2) is 30.3 Å². The molecule has 0 radical (unpaired) electrons. The predicted molar refractivity (Wildman–Crippen MR) is 67.0 cm³/mol. The van der Waals surface area contributed by atoms with Gasteiger partial charge in [0, 0.05) is 0 Å². The van der Waals surface area contributed by atoms with E-state index in [0.29, 0.717) is 12.2 Å². The van der Waals surface area contributed by atoms with Crippen molar-refractivity contribution in [2.24, 2.45) is 0 Å². The number of carbonyl (C=O) groups is 1. The van der Waals surface area contributed by atoms with Crippen LogP contribution in [0, 0.1) is 0 Å². The molecular formula is C14H20O3. The van der Waals surface area contributed by atoms with Crippen molar-refractivity contribution in [2.75, 3.05) is 0 Å². The Hall–Kier alpha value is -1.51. The lowest BCUT2D eigenvalue weighted by Crippen LogP contribution is -2.34. The molecule has 0 amide bonds. The Bertz CT molecular complexity index is 351. The molecule has 1 unspecified atom stereocenters. The minimum Gasteiger partial charge on any atom is -0.479 e. The Morgan fingerprint density at radius 1 is 1.24 bits per heavy atom. The molecule has 17 heavy (non-hydrogen) atoms. The van der Waals surface area contributed by atoms with Gasteiger partial charge in [0.05, 0.1) is 0 Å². The van der Waals surface area contributed by atoms with E-state index >= 15 is 0 Å². The van der Waals surface area contributed by atoms with Crippen LogP contribution >= 0.6 is 0 Å². The molecule has 3 nitrogen and oxygen atoms in total. The average Bonchev–Trinajstić information content (AvgIpc) is 2.24. The highest BCUT2D eigenvalue weighted by Crippen LogP contribution is 2.16. The summed E-state index contributed by atoms with van der Waals surface area (Å²) < 4.78 is 10.9. The van der Waals surface area contributed by atoms with Gasteiger partial charge in [0.1, 0.15) is 11.4 Å². The summed E-state index contributed by atoms with van der Waals surface area (Å²) in [5.41, 5.74) is -0.482. The molecule has 0 saturated heterocycles. The third-order valence-corrected chi connectivity index (χ3v) is 2.06. The fourth-order valence-corrected chi connectivity index (χ4v) is 1.33. The highest BCUT2D eigenvalue weighted by atomic mass is 16.6. The predicted octanol–water partition coefficient (Wildman–Crippen LogP) is 3.19. The minimum atomic E-state index is -0.545. The molecule has 0 aliphatic rings. The Morgan fingerprint density at radius 2 is 1.82 bits per heavy atom. The van der Waals surface area contributed by atoms with E-state index in [1.165, 1.54) is 0 Å². The fourth-order valence-electron chi connectivity index (χ4n) is 1.33. The summed E-state index contributed by atoms with van der Waals surface area (Å²) >= 11 is 0.